The minimum atomic E-state index is -0.528. The molecule has 1 rings (SSSR count). The zero-order chi connectivity index (χ0) is 11.3. The zero-order valence-electron chi connectivity index (χ0n) is 8.84. The second kappa shape index (κ2) is 5.81. The Bertz CT molecular complexity index is 292. The van der Waals surface area contributed by atoms with Crippen molar-refractivity contribution < 1.29 is 13.9 Å². The summed E-state index contributed by atoms with van der Waals surface area (Å²) in [7, 11) is 0. The van der Waals surface area contributed by atoms with Crippen LogP contribution in [0.5, 0.6) is 0 Å². The second-order valence-electron chi connectivity index (χ2n) is 3.95. The summed E-state index contributed by atoms with van der Waals surface area (Å²) < 4.78 is 25.7. The molecule has 1 aromatic rings. The molecule has 0 radical (unpaired) electrons. The van der Waals surface area contributed by atoms with Gasteiger partial charge in [-0.25, -0.2) is 8.78 Å². The molecule has 0 saturated heterocycles. The highest BCUT2D eigenvalue weighted by molar-refractivity contribution is 5.18. The Morgan fingerprint density at radius 1 is 1.20 bits per heavy atom. The van der Waals surface area contributed by atoms with Crippen molar-refractivity contribution in [2.24, 2.45) is 5.92 Å². The highest BCUT2D eigenvalue weighted by atomic mass is 19.1. The standard InChI is InChI=1S/C12H16F2O/c1-9(3-2-4-15)5-10-6-11(13)8-12(14)7-10/h6-9,15H,2-5H2,1H3. The summed E-state index contributed by atoms with van der Waals surface area (Å²) in [5.41, 5.74) is 0.679. The predicted molar refractivity (Wildman–Crippen MR) is 55.5 cm³/mol. The van der Waals surface area contributed by atoms with Crippen LogP contribution in [0.1, 0.15) is 25.3 Å². The van der Waals surface area contributed by atoms with Gasteiger partial charge in [-0.3, -0.25) is 0 Å². The van der Waals surface area contributed by atoms with Gasteiger partial charge < -0.3 is 5.11 Å². The number of rotatable bonds is 5. The number of hydrogen-bond donors (Lipinski definition) is 1. The molecule has 0 spiro atoms. The normalized spacial score (nSPS) is 12.8. The third kappa shape index (κ3) is 4.38. The summed E-state index contributed by atoms with van der Waals surface area (Å²) in [5.74, 6) is -0.725. The molecule has 1 nitrogen and oxygen atoms in total. The monoisotopic (exact) mass is 214 g/mol. The van der Waals surface area contributed by atoms with E-state index in [1.54, 1.807) is 0 Å². The SMILES string of the molecule is CC(CCCO)Cc1cc(F)cc(F)c1. The molecule has 1 atom stereocenters. The maximum absolute atomic E-state index is 12.9. The van der Waals surface area contributed by atoms with E-state index < -0.39 is 11.6 Å². The van der Waals surface area contributed by atoms with E-state index in [0.29, 0.717) is 17.9 Å². The van der Waals surface area contributed by atoms with Crippen molar-refractivity contribution in [1.29, 1.82) is 0 Å². The first kappa shape index (κ1) is 12.1. The molecule has 15 heavy (non-hydrogen) atoms. The number of benzene rings is 1. The molecule has 0 aliphatic heterocycles. The van der Waals surface area contributed by atoms with Gasteiger partial charge in [0.2, 0.25) is 0 Å². The number of aliphatic hydroxyl groups excluding tert-OH is 1. The van der Waals surface area contributed by atoms with Gasteiger partial charge in [0, 0.05) is 12.7 Å². The minimum absolute atomic E-state index is 0.169. The lowest BCUT2D eigenvalue weighted by molar-refractivity contribution is 0.273. The van der Waals surface area contributed by atoms with Gasteiger partial charge in [0.1, 0.15) is 11.6 Å². The molecule has 1 unspecified atom stereocenters. The van der Waals surface area contributed by atoms with Gasteiger partial charge in [-0.2, -0.15) is 0 Å². The lowest BCUT2D eigenvalue weighted by atomic mass is 9.97. The van der Waals surface area contributed by atoms with E-state index in [9.17, 15) is 8.78 Å². The van der Waals surface area contributed by atoms with E-state index in [1.165, 1.54) is 12.1 Å². The molecule has 0 aromatic heterocycles. The van der Waals surface area contributed by atoms with Gasteiger partial charge in [-0.15, -0.1) is 0 Å². The van der Waals surface area contributed by atoms with E-state index in [2.05, 4.69) is 0 Å². The summed E-state index contributed by atoms with van der Waals surface area (Å²) in [6, 6.07) is 3.60. The Kier molecular flexibility index (Phi) is 4.69. The molecule has 0 amide bonds. The van der Waals surface area contributed by atoms with Crippen molar-refractivity contribution in [3.8, 4) is 0 Å². The highest BCUT2D eigenvalue weighted by Gasteiger charge is 2.06. The van der Waals surface area contributed by atoms with Crippen LogP contribution in [0.2, 0.25) is 0 Å². The maximum Gasteiger partial charge on any atom is 0.126 e. The van der Waals surface area contributed by atoms with Gasteiger partial charge in [-0.1, -0.05) is 6.92 Å². The molecule has 3 heteroatoms. The number of aliphatic hydroxyl groups is 1. The van der Waals surface area contributed by atoms with E-state index in [4.69, 9.17) is 5.11 Å². The van der Waals surface area contributed by atoms with E-state index in [1.807, 2.05) is 6.92 Å². The van der Waals surface area contributed by atoms with Gasteiger partial charge in [0.05, 0.1) is 0 Å². The Labute approximate surface area is 88.7 Å². The first-order valence-corrected chi connectivity index (χ1v) is 5.17. The molecule has 0 bridgehead atoms. The van der Waals surface area contributed by atoms with Crippen LogP contribution >= 0.6 is 0 Å². The van der Waals surface area contributed by atoms with Crippen molar-refractivity contribution in [2.75, 3.05) is 6.61 Å². The first-order valence-electron chi connectivity index (χ1n) is 5.17. The van der Waals surface area contributed by atoms with Crippen LogP contribution in [-0.2, 0) is 6.42 Å². The topological polar surface area (TPSA) is 20.2 Å². The fraction of sp³-hybridized carbons (Fsp3) is 0.500. The third-order valence-corrected chi connectivity index (χ3v) is 2.36. The van der Waals surface area contributed by atoms with Crippen LogP contribution in [-0.4, -0.2) is 11.7 Å². The molecular weight excluding hydrogens is 198 g/mol. The molecule has 0 saturated carbocycles. The van der Waals surface area contributed by atoms with Crippen LogP contribution in [0, 0.1) is 17.6 Å². The quantitative estimate of drug-likeness (QED) is 0.799. The second-order valence-corrected chi connectivity index (χ2v) is 3.95. The molecule has 1 aromatic carbocycles. The van der Waals surface area contributed by atoms with Gasteiger partial charge >= 0.3 is 0 Å². The highest BCUT2D eigenvalue weighted by Crippen LogP contribution is 2.15. The summed E-state index contributed by atoms with van der Waals surface area (Å²) in [4.78, 5) is 0. The Morgan fingerprint density at radius 2 is 1.80 bits per heavy atom. The van der Waals surface area contributed by atoms with Crippen LogP contribution < -0.4 is 0 Å². The fourth-order valence-corrected chi connectivity index (χ4v) is 1.67. The van der Waals surface area contributed by atoms with Crippen molar-refractivity contribution in [1.82, 2.24) is 0 Å². The van der Waals surface area contributed by atoms with Crippen molar-refractivity contribution >= 4 is 0 Å². The maximum atomic E-state index is 12.9. The van der Waals surface area contributed by atoms with Gasteiger partial charge in [0.15, 0.2) is 0 Å². The lowest BCUT2D eigenvalue weighted by Gasteiger charge is -2.10. The fourth-order valence-electron chi connectivity index (χ4n) is 1.67. The van der Waals surface area contributed by atoms with Gasteiger partial charge in [-0.05, 0) is 42.9 Å². The van der Waals surface area contributed by atoms with Crippen LogP contribution in [0.15, 0.2) is 18.2 Å². The van der Waals surface area contributed by atoms with E-state index in [-0.39, 0.29) is 6.61 Å². The zero-order valence-corrected chi connectivity index (χ0v) is 8.84. The Morgan fingerprint density at radius 3 is 2.33 bits per heavy atom. The smallest absolute Gasteiger partial charge is 0.126 e. The third-order valence-electron chi connectivity index (χ3n) is 2.36. The molecule has 0 aliphatic carbocycles. The molecule has 0 heterocycles. The average molecular weight is 214 g/mol. The predicted octanol–water partition coefficient (Wildman–Crippen LogP) is 2.92. The van der Waals surface area contributed by atoms with E-state index >= 15 is 0 Å². The summed E-state index contributed by atoms with van der Waals surface area (Å²) >= 11 is 0. The minimum Gasteiger partial charge on any atom is -0.396 e. The summed E-state index contributed by atoms with van der Waals surface area (Å²) in [5, 5.41) is 8.65. The summed E-state index contributed by atoms with van der Waals surface area (Å²) in [6.07, 6.45) is 2.25. The molecule has 0 aliphatic rings. The van der Waals surface area contributed by atoms with Crippen LogP contribution in [0.4, 0.5) is 8.78 Å². The summed E-state index contributed by atoms with van der Waals surface area (Å²) in [6.45, 7) is 2.18. The molecular formula is C12H16F2O. The van der Waals surface area contributed by atoms with Crippen molar-refractivity contribution in [2.45, 2.75) is 26.2 Å². The first-order chi connectivity index (χ1) is 7.11. The Balaban J connectivity index is 2.56. The van der Waals surface area contributed by atoms with Crippen molar-refractivity contribution in [3.05, 3.63) is 35.4 Å². The number of halogens is 2. The molecule has 0 fully saturated rings. The van der Waals surface area contributed by atoms with Gasteiger partial charge in [0.25, 0.3) is 0 Å². The largest absolute Gasteiger partial charge is 0.396 e. The molecule has 1 N–H and O–H groups in total. The lowest BCUT2D eigenvalue weighted by Crippen LogP contribution is -2.02. The molecule has 84 valence electrons. The van der Waals surface area contributed by atoms with Crippen molar-refractivity contribution in [3.63, 3.8) is 0 Å². The van der Waals surface area contributed by atoms with E-state index in [0.717, 1.165) is 18.9 Å². The van der Waals surface area contributed by atoms with Crippen LogP contribution in [0.25, 0.3) is 0 Å². The van der Waals surface area contributed by atoms with Crippen LogP contribution in [0.3, 0.4) is 0 Å². The average Bonchev–Trinajstić information content (AvgIpc) is 2.13. The number of hydrogen-bond acceptors (Lipinski definition) is 1. The Hall–Kier alpha value is -0.960.